The number of thiophene rings is 1. The lowest BCUT2D eigenvalue weighted by Gasteiger charge is -2.34. The molecule has 0 saturated carbocycles. The van der Waals surface area contributed by atoms with Crippen LogP contribution in [0.2, 0.25) is 0 Å². The van der Waals surface area contributed by atoms with Gasteiger partial charge in [0.1, 0.15) is 0 Å². The zero-order valence-corrected chi connectivity index (χ0v) is 34.2. The smallest absolute Gasteiger partial charge is 0.0714 e. The molecule has 11 aromatic rings. The number of anilines is 3. The van der Waals surface area contributed by atoms with E-state index < -0.39 is 5.41 Å². The van der Waals surface area contributed by atoms with Gasteiger partial charge in [-0.3, -0.25) is 0 Å². The molecular weight excluding hydrogens is 755 g/mol. The Bertz CT molecular complexity index is 3370. The van der Waals surface area contributed by atoms with E-state index in [2.05, 4.69) is 241 Å². The third-order valence-corrected chi connectivity index (χ3v) is 13.9. The number of hydrogen-bond acceptors (Lipinski definition) is 2. The summed E-state index contributed by atoms with van der Waals surface area (Å²) in [6.07, 6.45) is 0. The van der Waals surface area contributed by atoms with E-state index in [9.17, 15) is 0 Å². The minimum Gasteiger partial charge on any atom is -0.310 e. The summed E-state index contributed by atoms with van der Waals surface area (Å²) in [7, 11) is 0. The number of nitrogens with zero attached hydrogens (tertiary/aromatic N) is 1. The van der Waals surface area contributed by atoms with Crippen LogP contribution in [0.4, 0.5) is 17.1 Å². The molecular formula is C59H39NS. The summed E-state index contributed by atoms with van der Waals surface area (Å²) in [5.74, 6) is 0. The van der Waals surface area contributed by atoms with Gasteiger partial charge in [-0.25, -0.2) is 0 Å². The molecule has 0 radical (unpaired) electrons. The van der Waals surface area contributed by atoms with E-state index in [0.717, 1.165) is 17.1 Å². The van der Waals surface area contributed by atoms with Gasteiger partial charge >= 0.3 is 0 Å². The van der Waals surface area contributed by atoms with Gasteiger partial charge in [0.15, 0.2) is 0 Å². The second-order valence-corrected chi connectivity index (χ2v) is 17.0. The van der Waals surface area contributed by atoms with Crippen molar-refractivity contribution in [1.29, 1.82) is 0 Å². The molecule has 0 saturated heterocycles. The van der Waals surface area contributed by atoms with Crippen molar-refractivity contribution in [3.63, 3.8) is 0 Å². The topological polar surface area (TPSA) is 3.24 Å². The first-order valence-electron chi connectivity index (χ1n) is 21.0. The molecule has 0 N–H and O–H groups in total. The molecule has 0 atom stereocenters. The van der Waals surface area contributed by atoms with Gasteiger partial charge in [0.2, 0.25) is 0 Å². The molecule has 12 rings (SSSR count). The second-order valence-electron chi connectivity index (χ2n) is 16.0. The summed E-state index contributed by atoms with van der Waals surface area (Å²) < 4.78 is 2.62. The maximum atomic E-state index is 2.49. The van der Waals surface area contributed by atoms with Gasteiger partial charge in [0, 0.05) is 37.1 Å². The van der Waals surface area contributed by atoms with Crippen LogP contribution in [0.5, 0.6) is 0 Å². The van der Waals surface area contributed by atoms with Gasteiger partial charge in [0.05, 0.1) is 11.1 Å². The Morgan fingerprint density at radius 1 is 0.361 bits per heavy atom. The minimum absolute atomic E-state index is 0.508. The first-order chi connectivity index (χ1) is 30.3. The largest absolute Gasteiger partial charge is 0.310 e. The average molecular weight is 794 g/mol. The second kappa shape index (κ2) is 14.3. The molecule has 10 aromatic carbocycles. The van der Waals surface area contributed by atoms with E-state index in [-0.39, 0.29) is 0 Å². The molecule has 1 aliphatic carbocycles. The van der Waals surface area contributed by atoms with E-state index in [4.69, 9.17) is 0 Å². The number of hydrogen-bond donors (Lipinski definition) is 0. The molecule has 61 heavy (non-hydrogen) atoms. The predicted molar refractivity (Wildman–Crippen MR) is 260 cm³/mol. The lowest BCUT2D eigenvalue weighted by atomic mass is 9.68. The summed E-state index contributed by atoms with van der Waals surface area (Å²) >= 11 is 1.87. The summed E-state index contributed by atoms with van der Waals surface area (Å²) in [6.45, 7) is 0. The van der Waals surface area contributed by atoms with Gasteiger partial charge in [-0.1, -0.05) is 194 Å². The quantitative estimate of drug-likeness (QED) is 0.155. The number of rotatable bonds is 7. The van der Waals surface area contributed by atoms with Crippen LogP contribution in [0.25, 0.3) is 64.3 Å². The van der Waals surface area contributed by atoms with Gasteiger partial charge in [-0.2, -0.15) is 0 Å². The molecule has 286 valence electrons. The van der Waals surface area contributed by atoms with Crippen LogP contribution in [-0.4, -0.2) is 0 Å². The molecule has 0 unspecified atom stereocenters. The molecule has 2 heteroatoms. The highest BCUT2D eigenvalue weighted by atomic mass is 32.1. The standard InChI is InChI=1S/C59H39NS/c1-3-20-43(21-4-1)59(44-22-5-2-6-23-44)52-30-11-9-26-50(52)58-53(59)31-16-32-54(58)60(45-37-35-41(36-38-45)48-28-14-18-40-17-7-8-25-47(40)48)46-24-13-19-42(39-46)49-29-15-34-56-57(49)51-27-10-12-33-55(51)61-56/h1-39H. The maximum absolute atomic E-state index is 2.49. The Labute approximate surface area is 360 Å². The normalized spacial score (nSPS) is 12.7. The van der Waals surface area contributed by atoms with Crippen molar-refractivity contribution in [3.05, 3.63) is 259 Å². The SMILES string of the molecule is c1ccc(C2(c3ccccc3)c3ccccc3-c3c(N(c4ccc(-c5cccc6ccccc56)cc4)c4cccc(-c5cccc6sc7ccccc7c56)c4)cccc32)cc1. The highest BCUT2D eigenvalue weighted by Crippen LogP contribution is 2.59. The molecule has 1 nitrogen and oxygen atoms in total. The maximum Gasteiger partial charge on any atom is 0.0714 e. The third kappa shape index (κ3) is 5.53. The highest BCUT2D eigenvalue weighted by molar-refractivity contribution is 7.25. The average Bonchev–Trinajstić information content (AvgIpc) is 3.87. The van der Waals surface area contributed by atoms with Crippen molar-refractivity contribution in [2.45, 2.75) is 5.41 Å². The van der Waals surface area contributed by atoms with Crippen molar-refractivity contribution in [2.75, 3.05) is 4.90 Å². The van der Waals surface area contributed by atoms with Crippen LogP contribution >= 0.6 is 11.3 Å². The Balaban J connectivity index is 1.11. The lowest BCUT2D eigenvalue weighted by Crippen LogP contribution is -2.28. The summed E-state index contributed by atoms with van der Waals surface area (Å²) in [6, 6.07) is 87.3. The molecule has 1 aliphatic rings. The van der Waals surface area contributed by atoms with Gasteiger partial charge in [0.25, 0.3) is 0 Å². The fraction of sp³-hybridized carbons (Fsp3) is 0.0169. The van der Waals surface area contributed by atoms with E-state index in [1.165, 1.54) is 86.6 Å². The molecule has 0 aliphatic heterocycles. The first kappa shape index (κ1) is 35.4. The van der Waals surface area contributed by atoms with Crippen molar-refractivity contribution < 1.29 is 0 Å². The zero-order chi connectivity index (χ0) is 40.3. The lowest BCUT2D eigenvalue weighted by molar-refractivity contribution is 0.768. The molecule has 0 bridgehead atoms. The Hall–Kier alpha value is -7.52. The Kier molecular flexibility index (Phi) is 8.33. The van der Waals surface area contributed by atoms with Crippen LogP contribution < -0.4 is 4.90 Å². The fourth-order valence-corrected chi connectivity index (χ4v) is 11.3. The van der Waals surface area contributed by atoms with E-state index in [0.29, 0.717) is 0 Å². The van der Waals surface area contributed by atoms with E-state index >= 15 is 0 Å². The number of benzene rings is 10. The van der Waals surface area contributed by atoms with Crippen LogP contribution in [0.1, 0.15) is 22.3 Å². The number of fused-ring (bicyclic) bond motifs is 7. The van der Waals surface area contributed by atoms with Crippen LogP contribution in [-0.2, 0) is 5.41 Å². The van der Waals surface area contributed by atoms with E-state index in [1.807, 2.05) is 11.3 Å². The molecule has 1 aromatic heterocycles. The molecule has 0 amide bonds. The van der Waals surface area contributed by atoms with Crippen LogP contribution in [0.3, 0.4) is 0 Å². The van der Waals surface area contributed by atoms with Gasteiger partial charge < -0.3 is 4.90 Å². The third-order valence-electron chi connectivity index (χ3n) is 12.7. The van der Waals surface area contributed by atoms with Crippen molar-refractivity contribution in [1.82, 2.24) is 0 Å². The van der Waals surface area contributed by atoms with E-state index in [1.54, 1.807) is 0 Å². The zero-order valence-electron chi connectivity index (χ0n) is 33.4. The first-order valence-corrected chi connectivity index (χ1v) is 21.8. The molecule has 0 fully saturated rings. The van der Waals surface area contributed by atoms with Crippen molar-refractivity contribution >= 4 is 59.3 Å². The van der Waals surface area contributed by atoms with Crippen molar-refractivity contribution in [2.24, 2.45) is 0 Å². The molecule has 0 spiro atoms. The Morgan fingerprint density at radius 2 is 0.951 bits per heavy atom. The monoisotopic (exact) mass is 793 g/mol. The fourth-order valence-electron chi connectivity index (χ4n) is 10.2. The predicted octanol–water partition coefficient (Wildman–Crippen LogP) is 16.4. The summed E-state index contributed by atoms with van der Waals surface area (Å²) in [5.41, 5.74) is 15.3. The molecule has 1 heterocycles. The summed E-state index contributed by atoms with van der Waals surface area (Å²) in [5, 5.41) is 5.12. The van der Waals surface area contributed by atoms with Crippen molar-refractivity contribution in [3.8, 4) is 33.4 Å². The van der Waals surface area contributed by atoms with Crippen LogP contribution in [0, 0.1) is 0 Å². The summed E-state index contributed by atoms with van der Waals surface area (Å²) in [4.78, 5) is 2.49. The highest BCUT2D eigenvalue weighted by Gasteiger charge is 2.47. The Morgan fingerprint density at radius 3 is 1.77 bits per heavy atom. The van der Waals surface area contributed by atoms with Crippen LogP contribution in [0.15, 0.2) is 237 Å². The minimum atomic E-state index is -0.508. The van der Waals surface area contributed by atoms with Gasteiger partial charge in [-0.15, -0.1) is 11.3 Å². The van der Waals surface area contributed by atoms with Gasteiger partial charge in [-0.05, 0) is 103 Å².